The van der Waals surface area contributed by atoms with Crippen LogP contribution in [-0.2, 0) is 12.8 Å². The van der Waals surface area contributed by atoms with Crippen LogP contribution in [0.4, 0.5) is 10.4 Å². The number of rotatable bonds is 3. The normalized spacial score (nSPS) is 16.8. The van der Waals surface area contributed by atoms with Crippen LogP contribution >= 0.6 is 11.6 Å². The van der Waals surface area contributed by atoms with Gasteiger partial charge in [-0.2, -0.15) is 4.98 Å². The molecule has 1 atom stereocenters. The Morgan fingerprint density at radius 1 is 1.25 bits per heavy atom. The molecule has 0 radical (unpaired) electrons. The fraction of sp³-hybridized carbons (Fsp3) is 0.318. The van der Waals surface area contributed by atoms with Gasteiger partial charge in [0, 0.05) is 42.0 Å². The highest BCUT2D eigenvalue weighted by atomic mass is 35.5. The van der Waals surface area contributed by atoms with E-state index in [2.05, 4.69) is 40.3 Å². The molecule has 1 aromatic carbocycles. The molecule has 3 aromatic heterocycles. The maximum absolute atomic E-state index is 13.6. The SMILES string of the molecule is CC(C)N(c1nc2cc(F)ccc2o1)C1CCc2cc3ccc(Cl)cn3c2C1. The fourth-order valence-corrected chi connectivity index (χ4v) is 4.54. The molecule has 5 rings (SSSR count). The molecule has 1 aliphatic carbocycles. The van der Waals surface area contributed by atoms with Crippen molar-refractivity contribution in [3.63, 3.8) is 0 Å². The third-order valence-electron chi connectivity index (χ3n) is 5.61. The van der Waals surface area contributed by atoms with Gasteiger partial charge in [0.2, 0.25) is 0 Å². The summed E-state index contributed by atoms with van der Waals surface area (Å²) < 4.78 is 21.8. The smallest absolute Gasteiger partial charge is 0.298 e. The van der Waals surface area contributed by atoms with E-state index < -0.39 is 0 Å². The summed E-state index contributed by atoms with van der Waals surface area (Å²) >= 11 is 6.23. The number of hydrogen-bond acceptors (Lipinski definition) is 3. The second kappa shape index (κ2) is 6.52. The Bertz CT molecular complexity index is 1180. The molecule has 0 bridgehead atoms. The predicted molar refractivity (Wildman–Crippen MR) is 110 cm³/mol. The van der Waals surface area contributed by atoms with Gasteiger partial charge in [0.15, 0.2) is 5.58 Å². The second-order valence-electron chi connectivity index (χ2n) is 7.76. The van der Waals surface area contributed by atoms with Crippen LogP contribution in [0.25, 0.3) is 16.6 Å². The van der Waals surface area contributed by atoms with E-state index in [0.717, 1.165) is 24.3 Å². The maximum Gasteiger partial charge on any atom is 0.298 e. The van der Waals surface area contributed by atoms with Crippen molar-refractivity contribution in [2.75, 3.05) is 4.90 Å². The van der Waals surface area contributed by atoms with Crippen LogP contribution in [0.1, 0.15) is 31.5 Å². The third kappa shape index (κ3) is 2.85. The van der Waals surface area contributed by atoms with Crippen LogP contribution < -0.4 is 4.90 Å². The van der Waals surface area contributed by atoms with Crippen molar-refractivity contribution in [1.29, 1.82) is 0 Å². The molecule has 0 saturated heterocycles. The van der Waals surface area contributed by atoms with E-state index >= 15 is 0 Å². The molecule has 1 unspecified atom stereocenters. The Balaban J connectivity index is 1.54. The first kappa shape index (κ1) is 17.6. The standard InChI is InChI=1S/C22H21ClFN3O/c1-13(2)27(22-25-19-10-16(24)5-8-21(19)28-22)18-6-3-14-9-17-7-4-15(23)12-26(17)20(14)11-18/h4-5,7-10,12-13,18H,3,6,11H2,1-2H3. The molecule has 0 fully saturated rings. The van der Waals surface area contributed by atoms with Gasteiger partial charge < -0.3 is 13.7 Å². The number of benzene rings is 1. The van der Waals surface area contributed by atoms with Crippen LogP contribution in [0.5, 0.6) is 0 Å². The Morgan fingerprint density at radius 3 is 2.93 bits per heavy atom. The van der Waals surface area contributed by atoms with E-state index in [1.54, 1.807) is 6.07 Å². The summed E-state index contributed by atoms with van der Waals surface area (Å²) in [7, 11) is 0. The van der Waals surface area contributed by atoms with Gasteiger partial charge in [-0.3, -0.25) is 0 Å². The van der Waals surface area contributed by atoms with Gasteiger partial charge in [-0.1, -0.05) is 11.6 Å². The summed E-state index contributed by atoms with van der Waals surface area (Å²) in [6.45, 7) is 4.27. The average Bonchev–Trinajstić information content (AvgIpc) is 3.22. The molecule has 4 nitrogen and oxygen atoms in total. The van der Waals surface area contributed by atoms with Crippen LogP contribution in [-0.4, -0.2) is 21.5 Å². The molecule has 28 heavy (non-hydrogen) atoms. The maximum atomic E-state index is 13.6. The van der Waals surface area contributed by atoms with Crippen LogP contribution in [0.15, 0.2) is 47.0 Å². The predicted octanol–water partition coefficient (Wildman–Crippen LogP) is 5.65. The summed E-state index contributed by atoms with van der Waals surface area (Å²) in [6, 6.07) is 11.7. The first-order valence-electron chi connectivity index (χ1n) is 9.62. The molecule has 0 aliphatic heterocycles. The van der Waals surface area contributed by atoms with E-state index in [1.807, 2.05) is 12.3 Å². The van der Waals surface area contributed by atoms with Crippen molar-refractivity contribution in [2.24, 2.45) is 0 Å². The lowest BCUT2D eigenvalue weighted by molar-refractivity contribution is 0.438. The summed E-state index contributed by atoms with van der Waals surface area (Å²) in [5.41, 5.74) is 5.00. The number of fused-ring (bicyclic) bond motifs is 4. The quantitative estimate of drug-likeness (QED) is 0.448. The first-order valence-corrected chi connectivity index (χ1v) is 10.00. The van der Waals surface area contributed by atoms with Crippen molar-refractivity contribution in [2.45, 2.75) is 45.2 Å². The van der Waals surface area contributed by atoms with Gasteiger partial charge in [-0.15, -0.1) is 0 Å². The third-order valence-corrected chi connectivity index (χ3v) is 5.84. The highest BCUT2D eigenvalue weighted by Crippen LogP contribution is 2.33. The summed E-state index contributed by atoms with van der Waals surface area (Å²) in [6.07, 6.45) is 4.88. The summed E-state index contributed by atoms with van der Waals surface area (Å²) in [5.74, 6) is -0.303. The number of anilines is 1. The number of hydrogen-bond donors (Lipinski definition) is 0. The second-order valence-corrected chi connectivity index (χ2v) is 8.20. The van der Waals surface area contributed by atoms with Crippen molar-refractivity contribution in [3.8, 4) is 0 Å². The Kier molecular flexibility index (Phi) is 4.09. The Morgan fingerprint density at radius 2 is 2.11 bits per heavy atom. The zero-order valence-electron chi connectivity index (χ0n) is 15.8. The van der Waals surface area contributed by atoms with E-state index in [0.29, 0.717) is 17.1 Å². The first-order chi connectivity index (χ1) is 13.5. The molecule has 3 heterocycles. The number of aryl methyl sites for hydroxylation is 1. The average molecular weight is 398 g/mol. The highest BCUT2D eigenvalue weighted by Gasteiger charge is 2.31. The van der Waals surface area contributed by atoms with Crippen molar-refractivity contribution >= 4 is 34.2 Å². The van der Waals surface area contributed by atoms with Crippen molar-refractivity contribution < 1.29 is 8.81 Å². The van der Waals surface area contributed by atoms with Crippen molar-refractivity contribution in [1.82, 2.24) is 9.38 Å². The molecular formula is C22H21ClFN3O. The van der Waals surface area contributed by atoms with E-state index in [4.69, 9.17) is 16.0 Å². The number of pyridine rings is 1. The molecular weight excluding hydrogens is 377 g/mol. The molecule has 0 saturated carbocycles. The summed E-state index contributed by atoms with van der Waals surface area (Å²) in [5, 5.41) is 0.731. The number of oxazole rings is 1. The van der Waals surface area contributed by atoms with Crippen LogP contribution in [0.2, 0.25) is 5.02 Å². The largest absolute Gasteiger partial charge is 0.423 e. The molecule has 0 spiro atoms. The van der Waals surface area contributed by atoms with Crippen molar-refractivity contribution in [3.05, 3.63) is 64.7 Å². The molecule has 4 aromatic rings. The van der Waals surface area contributed by atoms with Crippen LogP contribution in [0, 0.1) is 5.82 Å². The lowest BCUT2D eigenvalue weighted by Crippen LogP contribution is -2.44. The Hall–Kier alpha value is -2.53. The lowest BCUT2D eigenvalue weighted by Gasteiger charge is -2.36. The van der Waals surface area contributed by atoms with Gasteiger partial charge in [0.25, 0.3) is 6.01 Å². The molecule has 144 valence electrons. The Labute approximate surface area is 167 Å². The molecule has 6 heteroatoms. The lowest BCUT2D eigenvalue weighted by atomic mass is 9.92. The zero-order chi connectivity index (χ0) is 19.4. The number of halogens is 2. The minimum atomic E-state index is -0.303. The molecule has 0 amide bonds. The van der Waals surface area contributed by atoms with Crippen LogP contribution in [0.3, 0.4) is 0 Å². The minimum absolute atomic E-state index is 0.208. The zero-order valence-corrected chi connectivity index (χ0v) is 16.6. The minimum Gasteiger partial charge on any atom is -0.423 e. The topological polar surface area (TPSA) is 33.7 Å². The summed E-state index contributed by atoms with van der Waals surface area (Å²) in [4.78, 5) is 6.81. The molecule has 0 N–H and O–H groups in total. The van der Waals surface area contributed by atoms with Gasteiger partial charge in [-0.05, 0) is 62.6 Å². The van der Waals surface area contributed by atoms with E-state index in [1.165, 1.54) is 28.9 Å². The van der Waals surface area contributed by atoms with E-state index in [9.17, 15) is 4.39 Å². The van der Waals surface area contributed by atoms with Gasteiger partial charge in [0.1, 0.15) is 11.3 Å². The number of aromatic nitrogens is 2. The monoisotopic (exact) mass is 397 g/mol. The number of nitrogens with zero attached hydrogens (tertiary/aromatic N) is 3. The van der Waals surface area contributed by atoms with Gasteiger partial charge in [-0.25, -0.2) is 4.39 Å². The van der Waals surface area contributed by atoms with E-state index in [-0.39, 0.29) is 17.9 Å². The fourth-order valence-electron chi connectivity index (χ4n) is 4.38. The van der Waals surface area contributed by atoms with Gasteiger partial charge >= 0.3 is 0 Å². The highest BCUT2D eigenvalue weighted by molar-refractivity contribution is 6.30. The van der Waals surface area contributed by atoms with Gasteiger partial charge in [0.05, 0.1) is 5.02 Å². The molecule has 1 aliphatic rings.